The molecule has 2 heterocycles. The molecule has 1 aliphatic heterocycles. The predicted molar refractivity (Wildman–Crippen MR) is 90.4 cm³/mol. The van der Waals surface area contributed by atoms with Crippen LogP contribution >= 0.6 is 0 Å². The van der Waals surface area contributed by atoms with Crippen molar-refractivity contribution >= 4 is 17.5 Å². The van der Waals surface area contributed by atoms with Crippen LogP contribution < -0.4 is 20.1 Å². The van der Waals surface area contributed by atoms with Gasteiger partial charge in [-0.1, -0.05) is 13.0 Å². The first kappa shape index (κ1) is 16.0. The number of aromatic nitrogens is 2. The number of hydrogen-bond donors (Lipinski definition) is 2. The van der Waals surface area contributed by atoms with Gasteiger partial charge in [0.05, 0.1) is 18.8 Å². The first-order valence-corrected chi connectivity index (χ1v) is 7.85. The molecule has 2 aromatic rings. The van der Waals surface area contributed by atoms with Crippen LogP contribution in [0.4, 0.5) is 11.6 Å². The summed E-state index contributed by atoms with van der Waals surface area (Å²) in [5, 5.41) is 6.09. The van der Waals surface area contributed by atoms with E-state index in [1.807, 2.05) is 32.0 Å². The molecule has 0 spiro atoms. The van der Waals surface area contributed by atoms with Crippen molar-refractivity contribution in [1.29, 1.82) is 0 Å². The fraction of sp³-hybridized carbons (Fsp3) is 0.353. The zero-order valence-corrected chi connectivity index (χ0v) is 13.9. The molecule has 0 saturated heterocycles. The van der Waals surface area contributed by atoms with Crippen molar-refractivity contribution in [2.45, 2.75) is 32.4 Å². The Morgan fingerprint density at radius 1 is 1.42 bits per heavy atom. The molecule has 0 unspecified atom stereocenters. The molecule has 3 rings (SSSR count). The second-order valence-corrected chi connectivity index (χ2v) is 5.55. The van der Waals surface area contributed by atoms with Crippen LogP contribution in [0.25, 0.3) is 0 Å². The summed E-state index contributed by atoms with van der Waals surface area (Å²) < 4.78 is 10.9. The molecule has 1 aliphatic rings. The Balaban J connectivity index is 1.78. The third-order valence-corrected chi connectivity index (χ3v) is 3.88. The van der Waals surface area contributed by atoms with E-state index in [1.165, 1.54) is 0 Å². The minimum absolute atomic E-state index is 0.0382. The quantitative estimate of drug-likeness (QED) is 0.878. The minimum atomic E-state index is -0.447. The average Bonchev–Trinajstić information content (AvgIpc) is 2.60. The Hall–Kier alpha value is -2.83. The minimum Gasteiger partial charge on any atom is -0.481 e. The van der Waals surface area contributed by atoms with Gasteiger partial charge in [-0.2, -0.15) is 4.98 Å². The maximum absolute atomic E-state index is 11.8. The number of anilines is 2. The Morgan fingerprint density at radius 3 is 3.00 bits per heavy atom. The van der Waals surface area contributed by atoms with Gasteiger partial charge in [0.1, 0.15) is 5.75 Å². The normalized spacial score (nSPS) is 17.3. The van der Waals surface area contributed by atoms with E-state index in [-0.39, 0.29) is 11.9 Å². The first-order chi connectivity index (χ1) is 11.6. The smallest absolute Gasteiger partial charge is 0.265 e. The van der Waals surface area contributed by atoms with Gasteiger partial charge in [-0.15, -0.1) is 0 Å². The summed E-state index contributed by atoms with van der Waals surface area (Å²) in [6.45, 7) is 3.92. The van der Waals surface area contributed by atoms with E-state index in [1.54, 1.807) is 19.4 Å². The molecule has 24 heavy (non-hydrogen) atoms. The van der Waals surface area contributed by atoms with Crippen LogP contribution in [0.2, 0.25) is 0 Å². The summed E-state index contributed by atoms with van der Waals surface area (Å²) in [7, 11) is 1.56. The van der Waals surface area contributed by atoms with Gasteiger partial charge < -0.3 is 20.1 Å². The number of benzene rings is 1. The van der Waals surface area contributed by atoms with Crippen LogP contribution in [0.1, 0.15) is 31.9 Å². The highest BCUT2D eigenvalue weighted by Gasteiger charge is 2.26. The van der Waals surface area contributed by atoms with Crippen molar-refractivity contribution in [2.24, 2.45) is 0 Å². The highest BCUT2D eigenvalue weighted by Crippen LogP contribution is 2.33. The van der Waals surface area contributed by atoms with Gasteiger partial charge in [-0.05, 0) is 31.0 Å². The fourth-order valence-corrected chi connectivity index (χ4v) is 2.50. The molecule has 1 amide bonds. The number of carbonyl (C=O) groups is 1. The van der Waals surface area contributed by atoms with E-state index in [0.717, 1.165) is 5.56 Å². The van der Waals surface area contributed by atoms with Gasteiger partial charge in [0.2, 0.25) is 11.8 Å². The highest BCUT2D eigenvalue weighted by atomic mass is 16.5. The van der Waals surface area contributed by atoms with Crippen molar-refractivity contribution in [1.82, 2.24) is 9.97 Å². The number of nitrogens with zero attached hydrogens (tertiary/aromatic N) is 2. The summed E-state index contributed by atoms with van der Waals surface area (Å²) >= 11 is 0. The highest BCUT2D eigenvalue weighted by molar-refractivity contribution is 5.97. The molecule has 0 saturated carbocycles. The number of carbonyl (C=O) groups excluding carboxylic acids is 1. The third kappa shape index (κ3) is 3.24. The number of methoxy groups -OCH3 is 1. The molecule has 1 aromatic carbocycles. The molecule has 0 fully saturated rings. The Morgan fingerprint density at radius 2 is 2.25 bits per heavy atom. The number of ether oxygens (including phenoxy) is 2. The first-order valence-electron chi connectivity index (χ1n) is 7.85. The lowest BCUT2D eigenvalue weighted by atomic mass is 10.1. The van der Waals surface area contributed by atoms with E-state index >= 15 is 0 Å². The van der Waals surface area contributed by atoms with Crippen molar-refractivity contribution in [3.8, 4) is 11.6 Å². The van der Waals surface area contributed by atoms with E-state index in [2.05, 4.69) is 20.6 Å². The number of nitrogens with one attached hydrogen (secondary N) is 2. The van der Waals surface area contributed by atoms with Gasteiger partial charge in [0, 0.05) is 12.3 Å². The predicted octanol–water partition coefficient (Wildman–Crippen LogP) is 2.77. The molecule has 2 N–H and O–H groups in total. The van der Waals surface area contributed by atoms with Crippen molar-refractivity contribution in [3.63, 3.8) is 0 Å². The van der Waals surface area contributed by atoms with Crippen LogP contribution in [0.3, 0.4) is 0 Å². The number of fused-ring (bicyclic) bond motifs is 1. The lowest BCUT2D eigenvalue weighted by Gasteiger charge is -2.26. The van der Waals surface area contributed by atoms with E-state index in [9.17, 15) is 4.79 Å². The van der Waals surface area contributed by atoms with Gasteiger partial charge in [-0.25, -0.2) is 4.98 Å². The largest absolute Gasteiger partial charge is 0.481 e. The lowest BCUT2D eigenvalue weighted by Crippen LogP contribution is -2.36. The van der Waals surface area contributed by atoms with Gasteiger partial charge in [0.25, 0.3) is 5.91 Å². The second kappa shape index (κ2) is 6.74. The third-order valence-electron chi connectivity index (χ3n) is 3.88. The summed E-state index contributed by atoms with van der Waals surface area (Å²) in [4.78, 5) is 20.3. The lowest BCUT2D eigenvalue weighted by molar-refractivity contribution is -0.123. The molecule has 1 aromatic heterocycles. The molecule has 2 atom stereocenters. The summed E-state index contributed by atoms with van der Waals surface area (Å²) in [5.41, 5.74) is 1.70. The molecular weight excluding hydrogens is 308 g/mol. The maximum atomic E-state index is 11.8. The van der Waals surface area contributed by atoms with Gasteiger partial charge in [0.15, 0.2) is 6.10 Å². The van der Waals surface area contributed by atoms with Crippen molar-refractivity contribution in [2.75, 3.05) is 17.7 Å². The Kier molecular flexibility index (Phi) is 4.50. The average molecular weight is 328 g/mol. The monoisotopic (exact) mass is 328 g/mol. The van der Waals surface area contributed by atoms with Gasteiger partial charge in [-0.3, -0.25) is 4.79 Å². The standard InChI is InChI=1S/C17H20N4O3/c1-4-13-16(22)20-12-6-5-11(9-14(12)24-13)10(2)19-17-18-8-7-15(21-17)23-3/h5-10,13H,4H2,1-3H3,(H,20,22)(H,18,19,21)/t10-,13+/m1/s1. The summed E-state index contributed by atoms with van der Waals surface area (Å²) in [5.74, 6) is 1.56. The van der Waals surface area contributed by atoms with E-state index in [0.29, 0.717) is 29.7 Å². The van der Waals surface area contributed by atoms with Crippen LogP contribution in [-0.4, -0.2) is 29.1 Å². The van der Waals surface area contributed by atoms with Crippen LogP contribution in [-0.2, 0) is 4.79 Å². The van der Waals surface area contributed by atoms with E-state index < -0.39 is 6.10 Å². The molecule has 7 nitrogen and oxygen atoms in total. The zero-order chi connectivity index (χ0) is 17.1. The second-order valence-electron chi connectivity index (χ2n) is 5.55. The molecular formula is C17H20N4O3. The van der Waals surface area contributed by atoms with Crippen molar-refractivity contribution in [3.05, 3.63) is 36.0 Å². The van der Waals surface area contributed by atoms with E-state index in [4.69, 9.17) is 9.47 Å². The number of amides is 1. The summed E-state index contributed by atoms with van der Waals surface area (Å²) in [6, 6.07) is 7.36. The van der Waals surface area contributed by atoms with Crippen LogP contribution in [0, 0.1) is 0 Å². The Bertz CT molecular complexity index is 750. The number of rotatable bonds is 5. The van der Waals surface area contributed by atoms with Crippen molar-refractivity contribution < 1.29 is 14.3 Å². The molecule has 0 radical (unpaired) electrons. The molecule has 0 bridgehead atoms. The molecule has 126 valence electrons. The van der Waals surface area contributed by atoms with Crippen LogP contribution in [0.15, 0.2) is 30.5 Å². The summed E-state index contributed by atoms with van der Waals surface area (Å²) in [6.07, 6.45) is 1.82. The Labute approximate surface area is 140 Å². The number of hydrogen-bond acceptors (Lipinski definition) is 6. The van der Waals surface area contributed by atoms with Gasteiger partial charge >= 0.3 is 0 Å². The topological polar surface area (TPSA) is 85.4 Å². The van der Waals surface area contributed by atoms with Crippen LogP contribution in [0.5, 0.6) is 11.6 Å². The molecule has 7 heteroatoms. The fourth-order valence-electron chi connectivity index (χ4n) is 2.50. The maximum Gasteiger partial charge on any atom is 0.265 e. The zero-order valence-electron chi connectivity index (χ0n) is 13.9. The molecule has 0 aliphatic carbocycles. The SMILES string of the molecule is CC[C@@H]1Oc2cc([C@@H](C)Nc3nccc(OC)n3)ccc2NC1=O.